The van der Waals surface area contributed by atoms with Gasteiger partial charge in [-0.05, 0) is 42.1 Å². The quantitative estimate of drug-likeness (QED) is 0.542. The second-order valence-corrected chi connectivity index (χ2v) is 7.51. The van der Waals surface area contributed by atoms with Crippen LogP contribution in [0.3, 0.4) is 0 Å². The number of pyridine rings is 1. The molecule has 0 amide bonds. The molecule has 0 N–H and O–H groups in total. The number of aryl methyl sites for hydroxylation is 2. The van der Waals surface area contributed by atoms with Crippen molar-refractivity contribution in [2.45, 2.75) is 6.92 Å². The summed E-state index contributed by atoms with van der Waals surface area (Å²) in [5.41, 5.74) is 3.75. The van der Waals surface area contributed by atoms with E-state index in [0.717, 1.165) is 38.6 Å². The SMILES string of the molecule is Cc1c2ccncc2cc2c3c(OCCN4CCOCC4)cccc3n(C)c12. The summed E-state index contributed by atoms with van der Waals surface area (Å²) in [7, 11) is 2.14. The van der Waals surface area contributed by atoms with Crippen molar-refractivity contribution in [3.05, 3.63) is 48.3 Å². The first-order chi connectivity index (χ1) is 13.7. The Bertz CT molecular complexity index is 1160. The maximum atomic E-state index is 6.28. The smallest absolute Gasteiger partial charge is 0.129 e. The highest BCUT2D eigenvalue weighted by atomic mass is 16.5. The molecule has 0 spiro atoms. The molecule has 0 radical (unpaired) electrons. The van der Waals surface area contributed by atoms with Gasteiger partial charge in [0.15, 0.2) is 0 Å². The molecule has 5 nitrogen and oxygen atoms in total. The van der Waals surface area contributed by atoms with Crippen LogP contribution in [0.5, 0.6) is 5.75 Å². The third kappa shape index (κ3) is 2.82. The van der Waals surface area contributed by atoms with Crippen molar-refractivity contribution in [2.24, 2.45) is 7.05 Å². The van der Waals surface area contributed by atoms with Gasteiger partial charge in [0, 0.05) is 55.2 Å². The number of hydrogen-bond acceptors (Lipinski definition) is 4. The first-order valence-corrected chi connectivity index (χ1v) is 9.91. The molecule has 1 aliphatic rings. The Balaban J connectivity index is 1.58. The number of hydrogen-bond donors (Lipinski definition) is 0. The topological polar surface area (TPSA) is 39.5 Å². The van der Waals surface area contributed by atoms with Gasteiger partial charge in [0.1, 0.15) is 12.4 Å². The van der Waals surface area contributed by atoms with Crippen molar-refractivity contribution in [2.75, 3.05) is 39.5 Å². The van der Waals surface area contributed by atoms with Gasteiger partial charge in [-0.1, -0.05) is 6.07 Å². The van der Waals surface area contributed by atoms with E-state index < -0.39 is 0 Å². The van der Waals surface area contributed by atoms with Crippen LogP contribution in [0.2, 0.25) is 0 Å². The van der Waals surface area contributed by atoms with Gasteiger partial charge in [0.25, 0.3) is 0 Å². The van der Waals surface area contributed by atoms with E-state index in [1.165, 1.54) is 38.1 Å². The molecule has 0 unspecified atom stereocenters. The molecule has 5 rings (SSSR count). The molecule has 2 aromatic carbocycles. The Morgan fingerprint density at radius 3 is 2.86 bits per heavy atom. The van der Waals surface area contributed by atoms with Crippen molar-refractivity contribution in [1.29, 1.82) is 0 Å². The molecule has 144 valence electrons. The zero-order valence-corrected chi connectivity index (χ0v) is 16.4. The number of ether oxygens (including phenoxy) is 2. The molecule has 5 heteroatoms. The monoisotopic (exact) mass is 375 g/mol. The Kier molecular flexibility index (Phi) is 4.41. The summed E-state index contributed by atoms with van der Waals surface area (Å²) < 4.78 is 14.0. The maximum absolute atomic E-state index is 6.28. The van der Waals surface area contributed by atoms with E-state index in [0.29, 0.717) is 6.61 Å². The minimum atomic E-state index is 0.684. The van der Waals surface area contributed by atoms with E-state index in [-0.39, 0.29) is 0 Å². The van der Waals surface area contributed by atoms with E-state index in [9.17, 15) is 0 Å². The van der Waals surface area contributed by atoms with Gasteiger partial charge in [-0.15, -0.1) is 0 Å². The van der Waals surface area contributed by atoms with Crippen molar-refractivity contribution >= 4 is 32.6 Å². The minimum absolute atomic E-state index is 0.684. The molecule has 28 heavy (non-hydrogen) atoms. The highest BCUT2D eigenvalue weighted by molar-refractivity contribution is 6.16. The van der Waals surface area contributed by atoms with Crippen LogP contribution in [0.15, 0.2) is 42.7 Å². The van der Waals surface area contributed by atoms with Gasteiger partial charge in [0.05, 0.1) is 24.2 Å². The van der Waals surface area contributed by atoms with Crippen LogP contribution in [0.1, 0.15) is 5.56 Å². The summed E-state index contributed by atoms with van der Waals surface area (Å²) in [5, 5.41) is 4.85. The Morgan fingerprint density at radius 1 is 1.14 bits per heavy atom. The molecule has 1 fully saturated rings. The maximum Gasteiger partial charge on any atom is 0.129 e. The largest absolute Gasteiger partial charge is 0.492 e. The van der Waals surface area contributed by atoms with Crippen LogP contribution in [0.4, 0.5) is 0 Å². The van der Waals surface area contributed by atoms with Crippen LogP contribution < -0.4 is 4.74 Å². The molecule has 0 atom stereocenters. The van der Waals surface area contributed by atoms with Gasteiger partial charge in [-0.3, -0.25) is 9.88 Å². The predicted octanol–water partition coefficient (Wildman–Crippen LogP) is 3.90. The normalized spacial score (nSPS) is 15.6. The lowest BCUT2D eigenvalue weighted by Crippen LogP contribution is -2.38. The second kappa shape index (κ2) is 7.08. The molecule has 4 aromatic rings. The summed E-state index contributed by atoms with van der Waals surface area (Å²) >= 11 is 0. The van der Waals surface area contributed by atoms with Gasteiger partial charge in [0.2, 0.25) is 0 Å². The number of fused-ring (bicyclic) bond motifs is 4. The van der Waals surface area contributed by atoms with Crippen molar-refractivity contribution < 1.29 is 9.47 Å². The van der Waals surface area contributed by atoms with E-state index in [1.807, 2.05) is 12.4 Å². The van der Waals surface area contributed by atoms with Gasteiger partial charge in [-0.25, -0.2) is 0 Å². The van der Waals surface area contributed by atoms with Crippen LogP contribution in [0.25, 0.3) is 32.6 Å². The van der Waals surface area contributed by atoms with E-state index in [4.69, 9.17) is 9.47 Å². The van der Waals surface area contributed by atoms with Crippen LogP contribution in [-0.4, -0.2) is 53.9 Å². The molecule has 2 aromatic heterocycles. The molecule has 0 saturated carbocycles. The third-order valence-electron chi connectivity index (χ3n) is 5.91. The fraction of sp³-hybridized carbons (Fsp3) is 0.348. The Morgan fingerprint density at radius 2 is 2.00 bits per heavy atom. The summed E-state index contributed by atoms with van der Waals surface area (Å²) in [6.07, 6.45) is 3.81. The first kappa shape index (κ1) is 17.5. The molecule has 0 bridgehead atoms. The minimum Gasteiger partial charge on any atom is -0.492 e. The number of nitrogens with zero attached hydrogens (tertiary/aromatic N) is 3. The summed E-state index contributed by atoms with van der Waals surface area (Å²) in [6.45, 7) is 7.42. The third-order valence-corrected chi connectivity index (χ3v) is 5.91. The van der Waals surface area contributed by atoms with Crippen LogP contribution in [0, 0.1) is 6.92 Å². The fourth-order valence-corrected chi connectivity index (χ4v) is 4.46. The highest BCUT2D eigenvalue weighted by Crippen LogP contribution is 2.39. The summed E-state index contributed by atoms with van der Waals surface area (Å²) in [4.78, 5) is 6.72. The lowest BCUT2D eigenvalue weighted by atomic mass is 10.0. The molecule has 1 aliphatic heterocycles. The van der Waals surface area contributed by atoms with Gasteiger partial charge >= 0.3 is 0 Å². The van der Waals surface area contributed by atoms with Gasteiger partial charge < -0.3 is 14.0 Å². The standard InChI is InChI=1S/C23H25N3O2/c1-16-18-6-7-24-15-17(18)14-19-22-20(25(2)23(16)19)4-3-5-21(22)28-13-10-26-8-11-27-12-9-26/h3-7,14-15H,8-13H2,1-2H3. The van der Waals surface area contributed by atoms with E-state index in [2.05, 4.69) is 58.8 Å². The summed E-state index contributed by atoms with van der Waals surface area (Å²) in [5.74, 6) is 0.957. The lowest BCUT2D eigenvalue weighted by molar-refractivity contribution is 0.0323. The van der Waals surface area contributed by atoms with Crippen molar-refractivity contribution in [3.63, 3.8) is 0 Å². The molecular formula is C23H25N3O2. The zero-order chi connectivity index (χ0) is 19.1. The fourth-order valence-electron chi connectivity index (χ4n) is 4.46. The zero-order valence-electron chi connectivity index (χ0n) is 16.4. The predicted molar refractivity (Wildman–Crippen MR) is 113 cm³/mol. The number of aromatic nitrogens is 2. The van der Waals surface area contributed by atoms with Crippen molar-refractivity contribution in [3.8, 4) is 5.75 Å². The van der Waals surface area contributed by atoms with E-state index >= 15 is 0 Å². The van der Waals surface area contributed by atoms with Crippen LogP contribution in [-0.2, 0) is 11.8 Å². The second-order valence-electron chi connectivity index (χ2n) is 7.51. The average molecular weight is 375 g/mol. The lowest BCUT2D eigenvalue weighted by Gasteiger charge is -2.26. The highest BCUT2D eigenvalue weighted by Gasteiger charge is 2.17. The molecule has 1 saturated heterocycles. The molecule has 0 aliphatic carbocycles. The molecular weight excluding hydrogens is 350 g/mol. The number of benzene rings is 2. The van der Waals surface area contributed by atoms with E-state index in [1.54, 1.807) is 0 Å². The number of morpholine rings is 1. The summed E-state index contributed by atoms with van der Waals surface area (Å²) in [6, 6.07) is 10.7. The van der Waals surface area contributed by atoms with Crippen molar-refractivity contribution in [1.82, 2.24) is 14.5 Å². The Labute approximate surface area is 164 Å². The first-order valence-electron chi connectivity index (χ1n) is 9.91. The number of rotatable bonds is 4. The molecule has 3 heterocycles. The average Bonchev–Trinajstić information content (AvgIpc) is 3.02. The Hall–Kier alpha value is -2.63. The van der Waals surface area contributed by atoms with Crippen LogP contribution >= 0.6 is 0 Å². The van der Waals surface area contributed by atoms with Gasteiger partial charge in [-0.2, -0.15) is 0 Å².